The third kappa shape index (κ3) is 3.79. The van der Waals surface area contributed by atoms with Gasteiger partial charge in [-0.3, -0.25) is 0 Å². The molecule has 0 bridgehead atoms. The van der Waals surface area contributed by atoms with Crippen molar-refractivity contribution in [3.05, 3.63) is 35.1 Å². The predicted octanol–water partition coefficient (Wildman–Crippen LogP) is 1.38. The van der Waals surface area contributed by atoms with Crippen molar-refractivity contribution in [1.82, 2.24) is 20.2 Å². The summed E-state index contributed by atoms with van der Waals surface area (Å²) in [5, 5.41) is 20.5. The van der Waals surface area contributed by atoms with E-state index >= 15 is 0 Å². The molecule has 0 aliphatic rings. The number of aromatic nitrogens is 4. The van der Waals surface area contributed by atoms with Gasteiger partial charge in [0.2, 0.25) is 5.16 Å². The fraction of sp³-hybridized carbons (Fsp3) is 0.308. The minimum atomic E-state index is -0.357. The lowest BCUT2D eigenvalue weighted by atomic mass is 10.1. The summed E-state index contributed by atoms with van der Waals surface area (Å²) in [5.41, 5.74) is 1.28. The van der Waals surface area contributed by atoms with Gasteiger partial charge in [0, 0.05) is 19.2 Å². The van der Waals surface area contributed by atoms with Gasteiger partial charge in [0.05, 0.1) is 12.2 Å². The highest BCUT2D eigenvalue weighted by molar-refractivity contribution is 7.98. The number of rotatable bonds is 4. The lowest BCUT2D eigenvalue weighted by molar-refractivity contribution is 0.305. The molecule has 7 heteroatoms. The van der Waals surface area contributed by atoms with Crippen LogP contribution in [0.2, 0.25) is 0 Å². The van der Waals surface area contributed by atoms with Gasteiger partial charge in [0.25, 0.3) is 0 Å². The second-order valence-electron chi connectivity index (χ2n) is 3.96. The summed E-state index contributed by atoms with van der Waals surface area (Å²) >= 11 is 1.47. The predicted molar refractivity (Wildman–Crippen MR) is 73.3 cm³/mol. The average molecular weight is 292 g/mol. The normalized spacial score (nSPS) is 10.2. The molecule has 1 aromatic heterocycles. The zero-order valence-electron chi connectivity index (χ0n) is 10.9. The molecular weight excluding hydrogens is 279 g/mol. The van der Waals surface area contributed by atoms with Gasteiger partial charge >= 0.3 is 0 Å². The fourth-order valence-corrected chi connectivity index (χ4v) is 2.26. The monoisotopic (exact) mass is 292 g/mol. The lowest BCUT2D eigenvalue weighted by Gasteiger charge is -2.02. The first kappa shape index (κ1) is 14.5. The van der Waals surface area contributed by atoms with Crippen molar-refractivity contribution in [2.24, 2.45) is 7.05 Å². The highest BCUT2D eigenvalue weighted by atomic mass is 32.2. The molecule has 0 aliphatic heterocycles. The van der Waals surface area contributed by atoms with Gasteiger partial charge in [-0.1, -0.05) is 29.7 Å². The Morgan fingerprint density at radius 1 is 1.45 bits per heavy atom. The second-order valence-corrected chi connectivity index (χ2v) is 4.91. The van der Waals surface area contributed by atoms with Crippen molar-refractivity contribution in [3.8, 4) is 11.8 Å². The molecule has 104 valence electrons. The number of tetrazole rings is 1. The molecule has 1 heterocycles. The molecule has 20 heavy (non-hydrogen) atoms. The van der Waals surface area contributed by atoms with Crippen LogP contribution in [0.3, 0.4) is 0 Å². The quantitative estimate of drug-likeness (QED) is 0.681. The molecule has 1 N–H and O–H groups in total. The number of benzene rings is 1. The molecule has 0 radical (unpaired) electrons. The molecular formula is C13H13FN4OS. The first-order valence-corrected chi connectivity index (χ1v) is 6.92. The lowest BCUT2D eigenvalue weighted by Crippen LogP contribution is -1.94. The van der Waals surface area contributed by atoms with E-state index in [1.165, 1.54) is 17.8 Å². The summed E-state index contributed by atoms with van der Waals surface area (Å²) in [7, 11) is 1.76. The Morgan fingerprint density at radius 3 is 3.00 bits per heavy atom. The van der Waals surface area contributed by atoms with E-state index in [9.17, 15) is 4.39 Å². The molecule has 0 fully saturated rings. The smallest absolute Gasteiger partial charge is 0.209 e. The van der Waals surface area contributed by atoms with Crippen molar-refractivity contribution < 1.29 is 9.50 Å². The van der Waals surface area contributed by atoms with Crippen LogP contribution in [0.5, 0.6) is 0 Å². The average Bonchev–Trinajstić information content (AvgIpc) is 2.85. The first-order valence-electron chi connectivity index (χ1n) is 5.94. The summed E-state index contributed by atoms with van der Waals surface area (Å²) in [6, 6.07) is 4.81. The topological polar surface area (TPSA) is 63.8 Å². The number of thioether (sulfide) groups is 1. The molecule has 5 nitrogen and oxygen atoms in total. The Bertz CT molecular complexity index is 647. The van der Waals surface area contributed by atoms with E-state index in [1.807, 2.05) is 0 Å². The van der Waals surface area contributed by atoms with Crippen LogP contribution in [-0.4, -0.2) is 31.9 Å². The van der Waals surface area contributed by atoms with Crippen LogP contribution in [0.1, 0.15) is 17.5 Å². The Labute approximate surface area is 120 Å². The third-order valence-corrected chi connectivity index (χ3v) is 3.52. The van der Waals surface area contributed by atoms with Crippen LogP contribution >= 0.6 is 11.8 Å². The Kier molecular flexibility index (Phi) is 5.09. The number of hydrogen-bond donors (Lipinski definition) is 1. The number of hydrogen-bond acceptors (Lipinski definition) is 5. The number of aryl methyl sites for hydroxylation is 1. The second kappa shape index (κ2) is 7.03. The molecule has 2 aromatic rings. The summed E-state index contributed by atoms with van der Waals surface area (Å²) < 4.78 is 15.1. The molecule has 0 spiro atoms. The van der Waals surface area contributed by atoms with Crippen LogP contribution in [0.25, 0.3) is 0 Å². The van der Waals surface area contributed by atoms with E-state index < -0.39 is 0 Å². The van der Waals surface area contributed by atoms with E-state index in [-0.39, 0.29) is 12.4 Å². The third-order valence-electron chi connectivity index (χ3n) is 2.44. The van der Waals surface area contributed by atoms with E-state index in [2.05, 4.69) is 27.4 Å². The minimum absolute atomic E-state index is 0.0245. The van der Waals surface area contributed by atoms with Crippen molar-refractivity contribution in [1.29, 1.82) is 0 Å². The zero-order chi connectivity index (χ0) is 14.4. The van der Waals surface area contributed by atoms with Crippen molar-refractivity contribution in [2.75, 3.05) is 6.61 Å². The van der Waals surface area contributed by atoms with E-state index in [4.69, 9.17) is 5.11 Å². The minimum Gasteiger partial charge on any atom is -0.395 e. The summed E-state index contributed by atoms with van der Waals surface area (Å²) in [6.07, 6.45) is 0.336. The summed E-state index contributed by atoms with van der Waals surface area (Å²) in [4.78, 5) is 0. The van der Waals surface area contributed by atoms with Crippen LogP contribution in [0.4, 0.5) is 4.39 Å². The molecule has 0 saturated carbocycles. The van der Waals surface area contributed by atoms with Gasteiger partial charge in [-0.25, -0.2) is 9.07 Å². The first-order chi connectivity index (χ1) is 9.70. The van der Waals surface area contributed by atoms with Gasteiger partial charge in [-0.2, -0.15) is 0 Å². The van der Waals surface area contributed by atoms with Crippen LogP contribution in [0.15, 0.2) is 23.4 Å². The van der Waals surface area contributed by atoms with E-state index in [0.29, 0.717) is 22.9 Å². The van der Waals surface area contributed by atoms with E-state index in [0.717, 1.165) is 5.56 Å². The maximum Gasteiger partial charge on any atom is 0.209 e. The Balaban J connectivity index is 2.08. The standard InChI is InChI=1S/C13H13FN4OS/c1-18-13(15-16-17-18)20-9-10-5-6-12(14)11(8-10)4-2-3-7-19/h5-6,8,19H,3,7,9H2,1H3. The zero-order valence-corrected chi connectivity index (χ0v) is 11.7. The molecule has 0 saturated heterocycles. The maximum atomic E-state index is 13.6. The Hall–Kier alpha value is -1.91. The van der Waals surface area contributed by atoms with Crippen molar-refractivity contribution >= 4 is 11.8 Å². The van der Waals surface area contributed by atoms with Gasteiger partial charge in [-0.15, -0.1) is 5.10 Å². The van der Waals surface area contributed by atoms with Crippen LogP contribution < -0.4 is 0 Å². The van der Waals surface area contributed by atoms with Crippen LogP contribution in [0, 0.1) is 17.7 Å². The maximum absolute atomic E-state index is 13.6. The van der Waals surface area contributed by atoms with Gasteiger partial charge < -0.3 is 5.11 Å². The van der Waals surface area contributed by atoms with E-state index in [1.54, 1.807) is 23.9 Å². The van der Waals surface area contributed by atoms with Crippen LogP contribution in [-0.2, 0) is 12.8 Å². The number of halogens is 1. The number of aliphatic hydroxyl groups excluding tert-OH is 1. The molecule has 0 aliphatic carbocycles. The highest BCUT2D eigenvalue weighted by Gasteiger charge is 2.05. The molecule has 0 unspecified atom stereocenters. The molecule has 0 atom stereocenters. The molecule has 1 aromatic carbocycles. The summed E-state index contributed by atoms with van der Waals surface area (Å²) in [6.45, 7) is -0.0245. The van der Waals surface area contributed by atoms with Crippen molar-refractivity contribution in [2.45, 2.75) is 17.3 Å². The highest BCUT2D eigenvalue weighted by Crippen LogP contribution is 2.20. The largest absolute Gasteiger partial charge is 0.395 e. The molecule has 0 amide bonds. The fourth-order valence-electron chi connectivity index (χ4n) is 1.46. The SMILES string of the molecule is Cn1nnnc1SCc1ccc(F)c(C#CCCO)c1. The number of nitrogens with zero attached hydrogens (tertiary/aromatic N) is 4. The Morgan fingerprint density at radius 2 is 2.30 bits per heavy atom. The summed E-state index contributed by atoms with van der Waals surface area (Å²) in [5.74, 6) is 5.71. The molecule has 2 rings (SSSR count). The van der Waals surface area contributed by atoms with Gasteiger partial charge in [0.1, 0.15) is 5.82 Å². The van der Waals surface area contributed by atoms with Crippen molar-refractivity contribution in [3.63, 3.8) is 0 Å². The van der Waals surface area contributed by atoms with Gasteiger partial charge in [0.15, 0.2) is 0 Å². The van der Waals surface area contributed by atoms with Gasteiger partial charge in [-0.05, 0) is 28.1 Å². The number of aliphatic hydroxyl groups is 1.